The number of ether oxygens (including phenoxy) is 8. The van der Waals surface area contributed by atoms with Gasteiger partial charge in [0.15, 0.2) is 12.2 Å². The van der Waals surface area contributed by atoms with Crippen molar-refractivity contribution >= 4 is 41.8 Å². The van der Waals surface area contributed by atoms with Crippen molar-refractivity contribution in [3.05, 3.63) is 24.3 Å². The number of rotatable bonds is 7. The fourth-order valence-corrected chi connectivity index (χ4v) is 12.6. The number of cyclic esters (lactones) is 1. The number of hydrogen-bond acceptors (Lipinski definition) is 16. The van der Waals surface area contributed by atoms with Crippen molar-refractivity contribution in [1.82, 2.24) is 0 Å². The van der Waals surface area contributed by atoms with Crippen LogP contribution in [0, 0.1) is 39.4 Å². The number of methoxy groups -OCH3 is 1. The van der Waals surface area contributed by atoms with E-state index in [-0.39, 0.29) is 19.3 Å². The molecule has 1 N–H and O–H groups in total. The molecule has 0 spiro atoms. The second-order valence-electron chi connectivity index (χ2n) is 17.1. The molecule has 4 saturated carbocycles. The van der Waals surface area contributed by atoms with Crippen molar-refractivity contribution in [2.45, 2.75) is 129 Å². The molecule has 0 unspecified atom stereocenters. The molecule has 0 bridgehead atoms. The third-order valence-corrected chi connectivity index (χ3v) is 14.4. The molecule has 2 heterocycles. The maximum atomic E-state index is 13.9. The summed E-state index contributed by atoms with van der Waals surface area (Å²) < 4.78 is 47.9. The van der Waals surface area contributed by atoms with Crippen molar-refractivity contribution < 1.29 is 76.6 Å². The van der Waals surface area contributed by atoms with Gasteiger partial charge < -0.3 is 43.0 Å². The summed E-state index contributed by atoms with van der Waals surface area (Å²) in [4.78, 5) is 92.7. The Balaban J connectivity index is 1.72. The van der Waals surface area contributed by atoms with E-state index >= 15 is 0 Å². The molecule has 0 amide bonds. The van der Waals surface area contributed by atoms with Crippen LogP contribution < -0.4 is 0 Å². The highest BCUT2D eigenvalue weighted by molar-refractivity contribution is 5.87. The number of hydrogen-bond donors (Lipinski definition) is 1. The molecule has 0 aromatic rings. The molecular formula is C40H52O16. The van der Waals surface area contributed by atoms with Gasteiger partial charge in [0, 0.05) is 58.4 Å². The zero-order chi connectivity index (χ0) is 41.7. The lowest BCUT2D eigenvalue weighted by Gasteiger charge is -2.74. The van der Waals surface area contributed by atoms with Crippen LogP contribution in [0.4, 0.5) is 0 Å². The average molecular weight is 789 g/mol. The molecule has 308 valence electrons. The third-order valence-electron chi connectivity index (χ3n) is 14.4. The monoisotopic (exact) mass is 788 g/mol. The summed E-state index contributed by atoms with van der Waals surface area (Å²) in [7, 11) is 1.16. The van der Waals surface area contributed by atoms with Gasteiger partial charge in [-0.25, -0.2) is 9.59 Å². The van der Waals surface area contributed by atoms with Crippen LogP contribution in [0.25, 0.3) is 0 Å². The molecule has 0 radical (unpaired) electrons. The minimum absolute atomic E-state index is 0.133. The Morgan fingerprint density at radius 1 is 0.875 bits per heavy atom. The normalized spacial score (nSPS) is 44.9. The lowest BCUT2D eigenvalue weighted by molar-refractivity contribution is -0.357. The van der Waals surface area contributed by atoms with Gasteiger partial charge in [0.2, 0.25) is 5.60 Å². The second kappa shape index (κ2) is 13.4. The van der Waals surface area contributed by atoms with Crippen LogP contribution in [0.15, 0.2) is 24.3 Å². The highest BCUT2D eigenvalue weighted by atomic mass is 16.7. The Morgan fingerprint density at radius 2 is 1.45 bits per heavy atom. The number of epoxide rings is 1. The van der Waals surface area contributed by atoms with Gasteiger partial charge in [-0.1, -0.05) is 26.5 Å². The van der Waals surface area contributed by atoms with E-state index in [4.69, 9.17) is 37.9 Å². The highest BCUT2D eigenvalue weighted by Gasteiger charge is 2.91. The van der Waals surface area contributed by atoms with Gasteiger partial charge in [-0.3, -0.25) is 24.0 Å². The van der Waals surface area contributed by atoms with Crippen LogP contribution in [0.2, 0.25) is 0 Å². The van der Waals surface area contributed by atoms with E-state index in [0.29, 0.717) is 5.57 Å². The Morgan fingerprint density at radius 3 is 2.00 bits per heavy atom. The molecular weight excluding hydrogens is 736 g/mol. The van der Waals surface area contributed by atoms with Gasteiger partial charge in [-0.05, 0) is 49.5 Å². The van der Waals surface area contributed by atoms with E-state index in [1.807, 2.05) is 6.92 Å². The highest BCUT2D eigenvalue weighted by Crippen LogP contribution is 2.78. The van der Waals surface area contributed by atoms with Gasteiger partial charge in [-0.15, -0.1) is 0 Å². The summed E-state index contributed by atoms with van der Waals surface area (Å²) in [5.41, 5.74) is -9.66. The first kappa shape index (κ1) is 41.3. The number of aliphatic hydroxyl groups is 1. The van der Waals surface area contributed by atoms with E-state index in [2.05, 4.69) is 6.58 Å². The zero-order valence-electron chi connectivity index (χ0n) is 33.5. The van der Waals surface area contributed by atoms with Crippen molar-refractivity contribution in [3.63, 3.8) is 0 Å². The number of fused-ring (bicyclic) bond motifs is 9. The van der Waals surface area contributed by atoms with Crippen LogP contribution in [0.1, 0.15) is 81.6 Å². The molecule has 16 heteroatoms. The van der Waals surface area contributed by atoms with Gasteiger partial charge in [0.25, 0.3) is 0 Å². The summed E-state index contributed by atoms with van der Waals surface area (Å²) >= 11 is 0. The molecule has 0 aromatic carbocycles. The van der Waals surface area contributed by atoms with Gasteiger partial charge in [0.1, 0.15) is 31.0 Å². The first-order valence-corrected chi connectivity index (χ1v) is 18.8. The smallest absolute Gasteiger partial charge is 0.342 e. The van der Waals surface area contributed by atoms with E-state index in [9.17, 15) is 38.7 Å². The summed E-state index contributed by atoms with van der Waals surface area (Å²) in [6.07, 6.45) is -4.94. The predicted octanol–water partition coefficient (Wildman–Crippen LogP) is 2.45. The van der Waals surface area contributed by atoms with Crippen LogP contribution in [-0.4, -0.2) is 108 Å². The molecule has 2 aliphatic heterocycles. The molecule has 4 aliphatic carbocycles. The molecule has 6 aliphatic rings. The quantitative estimate of drug-likeness (QED) is 0.170. The Bertz CT molecular complexity index is 1800. The topological polar surface area (TPSA) is 217 Å². The van der Waals surface area contributed by atoms with Crippen LogP contribution >= 0.6 is 0 Å². The number of esters is 7. The van der Waals surface area contributed by atoms with E-state index < -0.39 is 136 Å². The van der Waals surface area contributed by atoms with Crippen molar-refractivity contribution in [2.75, 3.05) is 13.7 Å². The standard InChI is InChI=1S/C40H52O16/c1-18-16-39(48)26-14-15-35(8)25-12-13-27(46)50-17-38(25,19(2)51-20(3)41)31(53-22(5)43)28(52-21(4)42)29(35)36(26,9)32(54-23(6)44)33(55-24(7)45)37(39,10)40(30(18)56-40)34(47)49-11/h12-13,19,25-26,28-33,48H,1,14-17H2,2-11H3/t19-,25-,26+,28-,29-,30+,31-,32+,33-,35-,36-,37+,38+,39+,40-/m0/s1. The first-order valence-electron chi connectivity index (χ1n) is 18.8. The fraction of sp³-hybridized carbons (Fsp3) is 0.725. The predicted molar refractivity (Wildman–Crippen MR) is 188 cm³/mol. The Hall–Kier alpha value is -4.31. The maximum Gasteiger partial charge on any atom is 0.342 e. The molecule has 15 atom stereocenters. The molecule has 56 heavy (non-hydrogen) atoms. The summed E-state index contributed by atoms with van der Waals surface area (Å²) in [6.45, 7) is 16.4. The minimum Gasteiger partial charge on any atom is -0.467 e. The molecule has 5 fully saturated rings. The van der Waals surface area contributed by atoms with E-state index in [1.165, 1.54) is 26.8 Å². The van der Waals surface area contributed by atoms with Crippen LogP contribution in [-0.2, 0) is 71.5 Å². The van der Waals surface area contributed by atoms with Gasteiger partial charge >= 0.3 is 41.8 Å². The van der Waals surface area contributed by atoms with Crippen LogP contribution in [0.3, 0.4) is 0 Å². The van der Waals surface area contributed by atoms with Crippen LogP contribution in [0.5, 0.6) is 0 Å². The van der Waals surface area contributed by atoms with Crippen molar-refractivity contribution in [3.8, 4) is 0 Å². The SMILES string of the molecule is C=C1C[C@@]2(O)[C@@H]3CC[C@]4(C)[C@H]([C@H](OC(C)=O)[C@H](OC(C)=O)[C@@]5([C@H](C)OC(C)=O)COC(=O)C=C[C@@H]45)[C@@]3(C)[C@H](OC(C)=O)[C@H](OC(C)=O)[C@@]2(C)[C@]2(C(=O)OC)O[C@H]12. The largest absolute Gasteiger partial charge is 0.467 e. The van der Waals surface area contributed by atoms with Gasteiger partial charge in [-0.2, -0.15) is 0 Å². The summed E-state index contributed by atoms with van der Waals surface area (Å²) in [5, 5.41) is 13.6. The minimum atomic E-state index is -2.01. The molecule has 16 nitrogen and oxygen atoms in total. The lowest BCUT2D eigenvalue weighted by Crippen LogP contribution is -2.84. The number of allylic oxidation sites excluding steroid dienone is 1. The zero-order valence-corrected chi connectivity index (χ0v) is 33.5. The van der Waals surface area contributed by atoms with Crippen molar-refractivity contribution in [1.29, 1.82) is 0 Å². The second-order valence-corrected chi connectivity index (χ2v) is 17.1. The fourth-order valence-electron chi connectivity index (χ4n) is 12.6. The van der Waals surface area contributed by atoms with Crippen molar-refractivity contribution in [2.24, 2.45) is 39.4 Å². The Labute approximate surface area is 324 Å². The third kappa shape index (κ3) is 5.33. The molecule has 1 saturated heterocycles. The lowest BCUT2D eigenvalue weighted by atomic mass is 9.31. The number of carbonyl (C=O) groups excluding carboxylic acids is 7. The summed E-state index contributed by atoms with van der Waals surface area (Å²) in [6, 6.07) is 0. The van der Waals surface area contributed by atoms with E-state index in [1.54, 1.807) is 26.8 Å². The molecule has 6 rings (SSSR count). The maximum absolute atomic E-state index is 13.9. The van der Waals surface area contributed by atoms with Gasteiger partial charge in [0.05, 0.1) is 23.5 Å². The Kier molecular flexibility index (Phi) is 9.88. The first-order chi connectivity index (χ1) is 25.9. The number of carbonyl (C=O) groups is 7. The van der Waals surface area contributed by atoms with E-state index in [0.717, 1.165) is 21.0 Å². The molecule has 0 aromatic heterocycles. The summed E-state index contributed by atoms with van der Waals surface area (Å²) in [5.74, 6) is -8.32. The average Bonchev–Trinajstić information content (AvgIpc) is 3.87.